The lowest BCUT2D eigenvalue weighted by atomic mass is 10.1. The number of benzene rings is 3. The molecule has 1 aliphatic rings. The van der Waals surface area contributed by atoms with Crippen LogP contribution in [0.25, 0.3) is 17.1 Å². The normalized spacial score (nSPS) is 15.2. The third-order valence-corrected chi connectivity index (χ3v) is 6.76. The van der Waals surface area contributed by atoms with E-state index in [1.54, 1.807) is 25.1 Å². The summed E-state index contributed by atoms with van der Waals surface area (Å²) in [6.45, 7) is 0.835. The number of hydrogen-bond donors (Lipinski definition) is 0. The van der Waals surface area contributed by atoms with E-state index in [4.69, 9.17) is 4.74 Å². The van der Waals surface area contributed by atoms with Gasteiger partial charge < -0.3 is 14.4 Å². The van der Waals surface area contributed by atoms with Crippen LogP contribution in [0.1, 0.15) is 12.0 Å². The van der Waals surface area contributed by atoms with Gasteiger partial charge in [-0.2, -0.15) is 5.10 Å². The van der Waals surface area contributed by atoms with Gasteiger partial charge >= 0.3 is 6.36 Å². The number of amidine groups is 1. The summed E-state index contributed by atoms with van der Waals surface area (Å²) < 4.78 is 48.0. The minimum Gasteiger partial charge on any atom is -0.495 e. The second-order valence-electron chi connectivity index (χ2n) is 8.33. The van der Waals surface area contributed by atoms with Crippen LogP contribution in [0.15, 0.2) is 89.3 Å². The van der Waals surface area contributed by atoms with Crippen molar-refractivity contribution in [3.05, 3.63) is 84.7 Å². The molecule has 0 unspecified atom stereocenters. The lowest BCUT2D eigenvalue weighted by molar-refractivity contribution is -0.274. The third kappa shape index (κ3) is 6.58. The molecule has 12 heteroatoms. The molecule has 0 radical (unpaired) electrons. The van der Waals surface area contributed by atoms with Gasteiger partial charge in [0, 0.05) is 17.9 Å². The van der Waals surface area contributed by atoms with Crippen molar-refractivity contribution in [3.63, 3.8) is 0 Å². The number of para-hydroxylation sites is 2. The predicted molar refractivity (Wildman–Crippen MR) is 146 cm³/mol. The summed E-state index contributed by atoms with van der Waals surface area (Å²) in [5.41, 5.74) is 3.14. The summed E-state index contributed by atoms with van der Waals surface area (Å²) >= 11 is 1.65. The second kappa shape index (κ2) is 11.6. The molecular weight excluding hydrogens is 529 g/mol. The molecule has 0 saturated carbocycles. The first-order chi connectivity index (χ1) is 18.9. The quantitative estimate of drug-likeness (QED) is 0.202. The van der Waals surface area contributed by atoms with Crippen LogP contribution in [0.4, 0.5) is 18.9 Å². The molecule has 0 bridgehead atoms. The van der Waals surface area contributed by atoms with Gasteiger partial charge in [0.2, 0.25) is 0 Å². The highest BCUT2D eigenvalue weighted by molar-refractivity contribution is 8.14. The summed E-state index contributed by atoms with van der Waals surface area (Å²) in [6.07, 6.45) is -0.523. The van der Waals surface area contributed by atoms with Crippen LogP contribution in [-0.2, 0) is 0 Å². The number of halogens is 3. The number of hydrogen-bond acceptors (Lipinski definition) is 7. The Morgan fingerprint density at radius 1 is 1.00 bits per heavy atom. The number of nitrogens with zero attached hydrogens (tertiary/aromatic N) is 6. The minimum absolute atomic E-state index is 0.302. The fourth-order valence-electron chi connectivity index (χ4n) is 3.90. The van der Waals surface area contributed by atoms with Crippen molar-refractivity contribution < 1.29 is 22.6 Å². The molecule has 200 valence electrons. The van der Waals surface area contributed by atoms with E-state index in [9.17, 15) is 13.2 Å². The fraction of sp³-hybridized carbons (Fsp3) is 0.185. The SMILES string of the molecule is COc1ccccc1N1CCCS/C1=N\N=C\c1ccc(-c2ncn(-c3ccc(OC(F)(F)F)cc3)n2)cc1. The van der Waals surface area contributed by atoms with Gasteiger partial charge in [-0.25, -0.2) is 9.67 Å². The van der Waals surface area contributed by atoms with Gasteiger partial charge in [0.05, 0.1) is 24.7 Å². The summed E-state index contributed by atoms with van der Waals surface area (Å²) in [6, 6.07) is 20.7. The zero-order valence-corrected chi connectivity index (χ0v) is 21.6. The first-order valence-corrected chi connectivity index (χ1v) is 12.9. The Morgan fingerprint density at radius 2 is 1.77 bits per heavy atom. The Balaban J connectivity index is 1.26. The summed E-state index contributed by atoms with van der Waals surface area (Å²) in [5, 5.41) is 14.0. The Hall–Kier alpha value is -4.32. The fourth-order valence-corrected chi connectivity index (χ4v) is 4.81. The maximum atomic E-state index is 12.4. The molecule has 0 N–H and O–H groups in total. The van der Waals surface area contributed by atoms with E-state index in [1.165, 1.54) is 35.3 Å². The van der Waals surface area contributed by atoms with Crippen LogP contribution in [0.3, 0.4) is 0 Å². The molecule has 3 aromatic carbocycles. The zero-order chi connectivity index (χ0) is 27.2. The standard InChI is InChI=1S/C27H23F3N6O2S/c1-37-24-6-3-2-5-23(24)35-15-4-16-39-26(35)33-32-17-19-7-9-20(10-8-19)25-31-18-36(34-25)21-11-13-22(14-12-21)38-27(28,29)30/h2-3,5-14,17-18H,4,15-16H2,1H3/b32-17+,33-26-. The van der Waals surface area contributed by atoms with Gasteiger partial charge in [0.1, 0.15) is 17.8 Å². The van der Waals surface area contributed by atoms with E-state index in [0.717, 1.165) is 46.4 Å². The molecule has 0 spiro atoms. The van der Waals surface area contributed by atoms with Crippen molar-refractivity contribution >= 4 is 28.8 Å². The largest absolute Gasteiger partial charge is 0.573 e. The van der Waals surface area contributed by atoms with Crippen LogP contribution in [0.2, 0.25) is 0 Å². The average Bonchev–Trinajstić information content (AvgIpc) is 3.44. The van der Waals surface area contributed by atoms with Crippen LogP contribution < -0.4 is 14.4 Å². The summed E-state index contributed by atoms with van der Waals surface area (Å²) in [4.78, 5) is 6.43. The van der Waals surface area contributed by atoms with Crippen LogP contribution in [0.5, 0.6) is 11.5 Å². The molecule has 8 nitrogen and oxygen atoms in total. The Bertz CT molecular complexity index is 1470. The Morgan fingerprint density at radius 3 is 2.51 bits per heavy atom. The number of anilines is 1. The van der Waals surface area contributed by atoms with Crippen molar-refractivity contribution in [2.45, 2.75) is 12.8 Å². The molecule has 4 aromatic rings. The molecule has 1 aromatic heterocycles. The van der Waals surface area contributed by atoms with Crippen LogP contribution in [0, 0.1) is 0 Å². The van der Waals surface area contributed by atoms with Crippen molar-refractivity contribution in [1.82, 2.24) is 14.8 Å². The van der Waals surface area contributed by atoms with Crippen molar-refractivity contribution in [1.29, 1.82) is 0 Å². The monoisotopic (exact) mass is 552 g/mol. The number of alkyl halides is 3. The van der Waals surface area contributed by atoms with E-state index in [0.29, 0.717) is 11.5 Å². The lowest BCUT2D eigenvalue weighted by Gasteiger charge is -2.29. The molecular formula is C27H23F3N6O2S. The van der Waals surface area contributed by atoms with Gasteiger partial charge in [0.15, 0.2) is 11.0 Å². The third-order valence-electron chi connectivity index (χ3n) is 5.71. The summed E-state index contributed by atoms with van der Waals surface area (Å²) in [5.74, 6) is 1.93. The Kier molecular flexibility index (Phi) is 7.82. The van der Waals surface area contributed by atoms with Crippen molar-refractivity contribution in [2.24, 2.45) is 10.2 Å². The molecule has 0 atom stereocenters. The highest BCUT2D eigenvalue weighted by Crippen LogP contribution is 2.32. The number of ether oxygens (including phenoxy) is 2. The van der Waals surface area contributed by atoms with Crippen LogP contribution >= 0.6 is 11.8 Å². The maximum absolute atomic E-state index is 12.4. The van der Waals surface area contributed by atoms with E-state index in [2.05, 4.69) is 29.9 Å². The van der Waals surface area contributed by atoms with Gasteiger partial charge in [-0.05, 0) is 48.4 Å². The molecule has 39 heavy (non-hydrogen) atoms. The predicted octanol–water partition coefficient (Wildman–Crippen LogP) is 6.17. The second-order valence-corrected chi connectivity index (χ2v) is 9.39. The van der Waals surface area contributed by atoms with E-state index in [-0.39, 0.29) is 5.75 Å². The van der Waals surface area contributed by atoms with E-state index >= 15 is 0 Å². The highest BCUT2D eigenvalue weighted by atomic mass is 32.2. The van der Waals surface area contributed by atoms with E-state index in [1.807, 2.05) is 48.5 Å². The number of methoxy groups -OCH3 is 1. The Labute approximate surface area is 226 Å². The van der Waals surface area contributed by atoms with Gasteiger partial charge in [-0.3, -0.25) is 0 Å². The number of aromatic nitrogens is 3. The number of rotatable bonds is 7. The number of thioether (sulfide) groups is 1. The van der Waals surface area contributed by atoms with Gasteiger partial charge in [0.25, 0.3) is 0 Å². The molecule has 1 saturated heterocycles. The van der Waals surface area contributed by atoms with Crippen molar-refractivity contribution in [3.8, 4) is 28.6 Å². The molecule has 2 heterocycles. The molecule has 5 rings (SSSR count). The molecule has 1 aliphatic heterocycles. The van der Waals surface area contributed by atoms with Crippen LogP contribution in [-0.4, -0.2) is 51.9 Å². The lowest BCUT2D eigenvalue weighted by Crippen LogP contribution is -2.34. The maximum Gasteiger partial charge on any atom is 0.573 e. The van der Waals surface area contributed by atoms with E-state index < -0.39 is 6.36 Å². The molecule has 0 aliphatic carbocycles. The minimum atomic E-state index is -4.74. The van der Waals surface area contributed by atoms with Gasteiger partial charge in [-0.1, -0.05) is 48.2 Å². The highest BCUT2D eigenvalue weighted by Gasteiger charge is 2.31. The molecule has 1 fully saturated rings. The van der Waals surface area contributed by atoms with Gasteiger partial charge in [-0.15, -0.1) is 23.4 Å². The zero-order valence-electron chi connectivity index (χ0n) is 20.7. The topological polar surface area (TPSA) is 77.1 Å². The smallest absolute Gasteiger partial charge is 0.495 e. The first-order valence-electron chi connectivity index (χ1n) is 11.9. The summed E-state index contributed by atoms with van der Waals surface area (Å²) in [7, 11) is 1.66. The van der Waals surface area contributed by atoms with Crippen molar-refractivity contribution in [2.75, 3.05) is 24.3 Å². The average molecular weight is 553 g/mol. The first kappa shape index (κ1) is 26.3. The molecule has 0 amide bonds.